The molecule has 0 bridgehead atoms. The van der Waals surface area contributed by atoms with E-state index in [9.17, 15) is 5.11 Å². The SMILES string of the molecule is CCc1cc(-c2c[nH]c(=S)n2-c2ccc3c(c2)c(C)c(C)n3C)ccc1O. The lowest BCUT2D eigenvalue weighted by molar-refractivity contribution is 0.469. The summed E-state index contributed by atoms with van der Waals surface area (Å²) in [4.78, 5) is 3.18. The summed E-state index contributed by atoms with van der Waals surface area (Å²) in [6.45, 7) is 6.34. The Kier molecular flexibility index (Phi) is 4.19. The third kappa shape index (κ3) is 2.70. The molecule has 0 fully saturated rings. The van der Waals surface area contributed by atoms with Gasteiger partial charge in [-0.05, 0) is 80.0 Å². The molecular formula is C22H23N3OS. The van der Waals surface area contributed by atoms with Gasteiger partial charge in [0.05, 0.1) is 5.69 Å². The van der Waals surface area contributed by atoms with E-state index in [2.05, 4.69) is 53.2 Å². The topological polar surface area (TPSA) is 45.9 Å². The molecule has 0 unspecified atom stereocenters. The van der Waals surface area contributed by atoms with E-state index in [-0.39, 0.29) is 0 Å². The van der Waals surface area contributed by atoms with Crippen molar-refractivity contribution in [3.8, 4) is 22.7 Å². The lowest BCUT2D eigenvalue weighted by Crippen LogP contribution is -1.98. The second-order valence-electron chi connectivity index (χ2n) is 6.98. The summed E-state index contributed by atoms with van der Waals surface area (Å²) in [6, 6.07) is 12.2. The molecule has 0 amide bonds. The van der Waals surface area contributed by atoms with Crippen LogP contribution in [0.2, 0.25) is 0 Å². The van der Waals surface area contributed by atoms with Gasteiger partial charge >= 0.3 is 0 Å². The number of aromatic hydroxyl groups is 1. The molecule has 27 heavy (non-hydrogen) atoms. The summed E-state index contributed by atoms with van der Waals surface area (Å²) in [7, 11) is 2.10. The van der Waals surface area contributed by atoms with Crippen LogP contribution in [0.5, 0.6) is 5.75 Å². The largest absolute Gasteiger partial charge is 0.508 e. The standard InChI is InChI=1S/C22H23N3OS/c1-5-15-10-16(6-9-21(15)26)20-12-23-22(27)25(20)17-7-8-19-18(11-17)13(2)14(3)24(19)4/h6-12,26H,5H2,1-4H3,(H,23,27). The molecule has 0 saturated carbocycles. The molecule has 0 spiro atoms. The number of fused-ring (bicyclic) bond motifs is 1. The van der Waals surface area contributed by atoms with Crippen molar-refractivity contribution in [3.05, 3.63) is 64.2 Å². The molecular weight excluding hydrogens is 354 g/mol. The van der Waals surface area contributed by atoms with Crippen molar-refractivity contribution in [2.45, 2.75) is 27.2 Å². The molecule has 0 aliphatic heterocycles. The van der Waals surface area contributed by atoms with Gasteiger partial charge in [-0.3, -0.25) is 4.57 Å². The number of rotatable bonds is 3. The van der Waals surface area contributed by atoms with Gasteiger partial charge in [0.2, 0.25) is 0 Å². The quantitative estimate of drug-likeness (QED) is 0.458. The molecule has 0 saturated heterocycles. The van der Waals surface area contributed by atoms with Gasteiger partial charge in [0.1, 0.15) is 5.75 Å². The average molecular weight is 378 g/mol. The van der Waals surface area contributed by atoms with E-state index >= 15 is 0 Å². The summed E-state index contributed by atoms with van der Waals surface area (Å²) >= 11 is 5.58. The number of hydrogen-bond acceptors (Lipinski definition) is 2. The highest BCUT2D eigenvalue weighted by Crippen LogP contribution is 2.31. The zero-order chi connectivity index (χ0) is 19.3. The van der Waals surface area contributed by atoms with Crippen molar-refractivity contribution < 1.29 is 5.11 Å². The maximum Gasteiger partial charge on any atom is 0.182 e. The minimum Gasteiger partial charge on any atom is -0.508 e. The van der Waals surface area contributed by atoms with E-state index in [0.29, 0.717) is 10.5 Å². The summed E-state index contributed by atoms with van der Waals surface area (Å²) in [6.07, 6.45) is 2.71. The first-order chi connectivity index (χ1) is 12.9. The van der Waals surface area contributed by atoms with E-state index in [1.807, 2.05) is 25.3 Å². The number of aryl methyl sites for hydroxylation is 3. The van der Waals surface area contributed by atoms with Crippen molar-refractivity contribution in [1.82, 2.24) is 14.1 Å². The average Bonchev–Trinajstić information content (AvgIpc) is 3.16. The third-order valence-electron chi connectivity index (χ3n) is 5.58. The zero-order valence-corrected chi connectivity index (χ0v) is 16.8. The number of phenols is 1. The van der Waals surface area contributed by atoms with Crippen molar-refractivity contribution in [2.75, 3.05) is 0 Å². The summed E-state index contributed by atoms with van der Waals surface area (Å²) in [5.74, 6) is 0.332. The third-order valence-corrected chi connectivity index (χ3v) is 5.88. The fourth-order valence-corrected chi connectivity index (χ4v) is 4.01. The Bertz CT molecular complexity index is 1230. The molecule has 4 rings (SSSR count). The molecule has 2 aromatic heterocycles. The Morgan fingerprint density at radius 3 is 2.63 bits per heavy atom. The van der Waals surface area contributed by atoms with Crippen LogP contribution in [0, 0.1) is 18.6 Å². The first kappa shape index (κ1) is 17.6. The van der Waals surface area contributed by atoms with Crippen LogP contribution in [-0.4, -0.2) is 19.2 Å². The van der Waals surface area contributed by atoms with Gasteiger partial charge in [0.15, 0.2) is 4.77 Å². The molecule has 0 aliphatic carbocycles. The Morgan fingerprint density at radius 1 is 1.11 bits per heavy atom. The molecule has 0 aliphatic rings. The Labute approximate surface area is 163 Å². The van der Waals surface area contributed by atoms with Crippen LogP contribution in [0.4, 0.5) is 0 Å². The number of imidazole rings is 1. The van der Waals surface area contributed by atoms with Gasteiger partial charge in [-0.1, -0.05) is 6.92 Å². The molecule has 0 radical (unpaired) electrons. The summed E-state index contributed by atoms with van der Waals surface area (Å²) in [5, 5.41) is 11.3. The number of benzene rings is 2. The maximum atomic E-state index is 10.0. The monoisotopic (exact) mass is 377 g/mol. The molecule has 2 N–H and O–H groups in total. The molecule has 4 nitrogen and oxygen atoms in total. The Hall–Kier alpha value is -2.79. The molecule has 2 heterocycles. The highest BCUT2D eigenvalue weighted by molar-refractivity contribution is 7.71. The van der Waals surface area contributed by atoms with Gasteiger partial charge in [0.25, 0.3) is 0 Å². The number of H-pyrrole nitrogens is 1. The predicted octanol–water partition coefficient (Wildman–Crippen LogP) is 5.58. The van der Waals surface area contributed by atoms with Crippen molar-refractivity contribution in [3.63, 3.8) is 0 Å². The fourth-order valence-electron chi connectivity index (χ4n) is 3.75. The van der Waals surface area contributed by atoms with E-state index in [0.717, 1.165) is 28.9 Å². The van der Waals surface area contributed by atoms with Gasteiger partial charge in [0, 0.05) is 41.1 Å². The maximum absolute atomic E-state index is 10.0. The highest BCUT2D eigenvalue weighted by atomic mass is 32.1. The van der Waals surface area contributed by atoms with Crippen LogP contribution in [0.15, 0.2) is 42.6 Å². The number of aromatic amines is 1. The van der Waals surface area contributed by atoms with E-state index < -0.39 is 0 Å². The number of aromatic nitrogens is 3. The van der Waals surface area contributed by atoms with E-state index in [1.54, 1.807) is 6.07 Å². The van der Waals surface area contributed by atoms with E-state index in [1.165, 1.54) is 22.2 Å². The van der Waals surface area contributed by atoms with Crippen LogP contribution in [0.25, 0.3) is 27.8 Å². The molecule has 5 heteroatoms. The Morgan fingerprint density at radius 2 is 1.89 bits per heavy atom. The van der Waals surface area contributed by atoms with Gasteiger partial charge in [-0.25, -0.2) is 0 Å². The lowest BCUT2D eigenvalue weighted by atomic mass is 10.1. The van der Waals surface area contributed by atoms with Crippen LogP contribution >= 0.6 is 12.2 Å². The van der Waals surface area contributed by atoms with Crippen molar-refractivity contribution in [1.29, 1.82) is 0 Å². The second-order valence-corrected chi connectivity index (χ2v) is 7.37. The first-order valence-corrected chi connectivity index (χ1v) is 9.52. The number of phenolic OH excluding ortho intramolecular Hbond substituents is 1. The molecule has 0 atom stereocenters. The smallest absolute Gasteiger partial charge is 0.182 e. The predicted molar refractivity (Wildman–Crippen MR) is 113 cm³/mol. The molecule has 138 valence electrons. The Balaban J connectivity index is 1.94. The summed E-state index contributed by atoms with van der Waals surface area (Å²) in [5.41, 5.74) is 7.74. The lowest BCUT2D eigenvalue weighted by Gasteiger charge is -2.11. The minimum atomic E-state index is 0.332. The van der Waals surface area contributed by atoms with E-state index in [4.69, 9.17) is 12.2 Å². The van der Waals surface area contributed by atoms with Gasteiger partial charge in [-0.15, -0.1) is 0 Å². The molecule has 4 aromatic rings. The van der Waals surface area contributed by atoms with Crippen molar-refractivity contribution in [2.24, 2.45) is 7.05 Å². The summed E-state index contributed by atoms with van der Waals surface area (Å²) < 4.78 is 4.93. The van der Waals surface area contributed by atoms with Gasteiger partial charge in [-0.2, -0.15) is 0 Å². The van der Waals surface area contributed by atoms with Gasteiger partial charge < -0.3 is 14.7 Å². The highest BCUT2D eigenvalue weighted by Gasteiger charge is 2.14. The fraction of sp³-hybridized carbons (Fsp3) is 0.227. The van der Waals surface area contributed by atoms with Crippen LogP contribution in [-0.2, 0) is 13.5 Å². The minimum absolute atomic E-state index is 0.332. The number of nitrogens with one attached hydrogen (secondary N) is 1. The van der Waals surface area contributed by atoms with Crippen molar-refractivity contribution >= 4 is 23.1 Å². The second kappa shape index (κ2) is 6.43. The molecule has 2 aromatic carbocycles. The number of hydrogen-bond donors (Lipinski definition) is 2. The first-order valence-electron chi connectivity index (χ1n) is 9.11. The van der Waals surface area contributed by atoms with Crippen LogP contribution in [0.3, 0.4) is 0 Å². The van der Waals surface area contributed by atoms with Crippen LogP contribution < -0.4 is 0 Å². The number of nitrogens with zero attached hydrogens (tertiary/aromatic N) is 2. The normalized spacial score (nSPS) is 11.4. The van der Waals surface area contributed by atoms with Crippen LogP contribution in [0.1, 0.15) is 23.7 Å². The zero-order valence-electron chi connectivity index (χ0n) is 16.0.